The summed E-state index contributed by atoms with van der Waals surface area (Å²) in [6.45, 7) is 4.34. The molecule has 1 amide bonds. The Balaban J connectivity index is 2.17. The Morgan fingerprint density at radius 2 is 2.15 bits per heavy atom. The summed E-state index contributed by atoms with van der Waals surface area (Å²) < 4.78 is 13.0. The summed E-state index contributed by atoms with van der Waals surface area (Å²) in [7, 11) is 0. The third-order valence-corrected chi connectivity index (χ3v) is 2.66. The van der Waals surface area contributed by atoms with Crippen LogP contribution in [0.1, 0.15) is 23.0 Å². The third kappa shape index (κ3) is 3.28. The molecule has 6 heteroatoms. The standard InChI is InChI=1S/C14H15FN4O/c1-3-17-13-8-16-7-12(18-13)14(20)19-11-5-4-10(15)6-9(11)2/h4-8H,3H2,1-2H3,(H,17,18)(H,19,20). The Hall–Kier alpha value is -2.50. The van der Waals surface area contributed by atoms with Crippen molar-refractivity contribution in [2.75, 3.05) is 17.2 Å². The number of nitrogens with one attached hydrogen (secondary N) is 2. The molecule has 0 aliphatic carbocycles. The zero-order valence-corrected chi connectivity index (χ0v) is 11.3. The maximum atomic E-state index is 13.0. The highest BCUT2D eigenvalue weighted by atomic mass is 19.1. The number of amides is 1. The number of aromatic nitrogens is 2. The SMILES string of the molecule is CCNc1cncc(C(=O)Nc2ccc(F)cc2C)n1. The Morgan fingerprint density at radius 1 is 1.35 bits per heavy atom. The lowest BCUT2D eigenvalue weighted by Crippen LogP contribution is -2.16. The van der Waals surface area contributed by atoms with E-state index in [1.54, 1.807) is 13.1 Å². The Morgan fingerprint density at radius 3 is 2.85 bits per heavy atom. The summed E-state index contributed by atoms with van der Waals surface area (Å²) in [5.41, 5.74) is 1.40. The normalized spacial score (nSPS) is 10.2. The van der Waals surface area contributed by atoms with Crippen molar-refractivity contribution in [3.63, 3.8) is 0 Å². The summed E-state index contributed by atoms with van der Waals surface area (Å²) >= 11 is 0. The molecule has 20 heavy (non-hydrogen) atoms. The largest absolute Gasteiger partial charge is 0.369 e. The van der Waals surface area contributed by atoms with Gasteiger partial charge < -0.3 is 10.6 Å². The summed E-state index contributed by atoms with van der Waals surface area (Å²) in [5, 5.41) is 5.67. The van der Waals surface area contributed by atoms with E-state index >= 15 is 0 Å². The zero-order chi connectivity index (χ0) is 14.5. The van der Waals surface area contributed by atoms with E-state index in [-0.39, 0.29) is 17.4 Å². The van der Waals surface area contributed by atoms with Crippen LogP contribution in [-0.2, 0) is 0 Å². The van der Waals surface area contributed by atoms with Gasteiger partial charge in [0.15, 0.2) is 0 Å². The average Bonchev–Trinajstić information content (AvgIpc) is 2.42. The molecule has 2 aromatic rings. The molecule has 0 atom stereocenters. The smallest absolute Gasteiger partial charge is 0.275 e. The number of rotatable bonds is 4. The van der Waals surface area contributed by atoms with Gasteiger partial charge in [0.2, 0.25) is 0 Å². The molecule has 104 valence electrons. The third-order valence-electron chi connectivity index (χ3n) is 2.66. The monoisotopic (exact) mass is 274 g/mol. The van der Waals surface area contributed by atoms with Gasteiger partial charge in [0, 0.05) is 12.2 Å². The number of carbonyl (C=O) groups excluding carboxylic acids is 1. The molecule has 2 rings (SSSR count). The molecule has 0 saturated heterocycles. The van der Waals surface area contributed by atoms with E-state index in [1.165, 1.54) is 24.4 Å². The van der Waals surface area contributed by atoms with E-state index in [4.69, 9.17) is 0 Å². The lowest BCUT2D eigenvalue weighted by molar-refractivity contribution is 0.102. The minimum Gasteiger partial charge on any atom is -0.369 e. The molecule has 0 aliphatic rings. The molecular weight excluding hydrogens is 259 g/mol. The second-order valence-electron chi connectivity index (χ2n) is 4.23. The molecule has 0 fully saturated rings. The fourth-order valence-electron chi connectivity index (χ4n) is 1.70. The number of nitrogens with zero attached hydrogens (tertiary/aromatic N) is 2. The molecule has 1 aromatic carbocycles. The maximum absolute atomic E-state index is 13.0. The number of hydrogen-bond donors (Lipinski definition) is 2. The van der Waals surface area contributed by atoms with E-state index in [0.717, 1.165) is 0 Å². The summed E-state index contributed by atoms with van der Waals surface area (Å²) in [5.74, 6) is -0.183. The predicted molar refractivity (Wildman–Crippen MR) is 75.3 cm³/mol. The lowest BCUT2D eigenvalue weighted by atomic mass is 10.2. The van der Waals surface area contributed by atoms with E-state index in [1.807, 2.05) is 6.92 Å². The minimum atomic E-state index is -0.382. The Labute approximate surface area is 116 Å². The van der Waals surface area contributed by atoms with Gasteiger partial charge in [-0.2, -0.15) is 0 Å². The number of benzene rings is 1. The number of halogens is 1. The van der Waals surface area contributed by atoms with Crippen LogP contribution in [0.25, 0.3) is 0 Å². The molecule has 0 unspecified atom stereocenters. The van der Waals surface area contributed by atoms with Gasteiger partial charge in [-0.3, -0.25) is 9.78 Å². The number of carbonyl (C=O) groups is 1. The van der Waals surface area contributed by atoms with Crippen LogP contribution in [0.5, 0.6) is 0 Å². The molecule has 0 radical (unpaired) electrons. The van der Waals surface area contributed by atoms with Crippen molar-refractivity contribution in [1.82, 2.24) is 9.97 Å². The second-order valence-corrected chi connectivity index (χ2v) is 4.23. The Kier molecular flexibility index (Phi) is 4.24. The van der Waals surface area contributed by atoms with Gasteiger partial charge in [0.25, 0.3) is 5.91 Å². The van der Waals surface area contributed by atoms with Gasteiger partial charge in [-0.1, -0.05) is 0 Å². The van der Waals surface area contributed by atoms with Crippen LogP contribution in [0.2, 0.25) is 0 Å². The van der Waals surface area contributed by atoms with E-state index in [9.17, 15) is 9.18 Å². The van der Waals surface area contributed by atoms with E-state index < -0.39 is 0 Å². The summed E-state index contributed by atoms with van der Waals surface area (Å²) in [4.78, 5) is 20.2. The first-order valence-electron chi connectivity index (χ1n) is 6.23. The van der Waals surface area contributed by atoms with Crippen LogP contribution in [0.4, 0.5) is 15.9 Å². The molecule has 1 aromatic heterocycles. The van der Waals surface area contributed by atoms with E-state index in [0.29, 0.717) is 23.6 Å². The first-order valence-corrected chi connectivity index (χ1v) is 6.23. The van der Waals surface area contributed by atoms with Gasteiger partial charge >= 0.3 is 0 Å². The molecule has 0 aliphatic heterocycles. The van der Waals surface area contributed by atoms with E-state index in [2.05, 4.69) is 20.6 Å². The highest BCUT2D eigenvalue weighted by Crippen LogP contribution is 2.16. The van der Waals surface area contributed by atoms with Crippen molar-refractivity contribution in [2.45, 2.75) is 13.8 Å². The van der Waals surface area contributed by atoms with Crippen molar-refractivity contribution in [3.05, 3.63) is 47.7 Å². The van der Waals surface area contributed by atoms with Crippen molar-refractivity contribution in [3.8, 4) is 0 Å². The lowest BCUT2D eigenvalue weighted by Gasteiger charge is -2.08. The van der Waals surface area contributed by atoms with Crippen molar-refractivity contribution in [2.24, 2.45) is 0 Å². The van der Waals surface area contributed by atoms with Crippen molar-refractivity contribution >= 4 is 17.4 Å². The fourth-order valence-corrected chi connectivity index (χ4v) is 1.70. The van der Waals surface area contributed by atoms with Crippen molar-refractivity contribution in [1.29, 1.82) is 0 Å². The Bertz CT molecular complexity index is 630. The molecule has 1 heterocycles. The van der Waals surface area contributed by atoms with Crippen molar-refractivity contribution < 1.29 is 9.18 Å². The number of hydrogen-bond acceptors (Lipinski definition) is 4. The maximum Gasteiger partial charge on any atom is 0.275 e. The molecule has 0 spiro atoms. The molecule has 5 nitrogen and oxygen atoms in total. The van der Waals surface area contributed by atoms with Gasteiger partial charge in [-0.15, -0.1) is 0 Å². The van der Waals surface area contributed by atoms with Crippen LogP contribution in [-0.4, -0.2) is 22.4 Å². The zero-order valence-electron chi connectivity index (χ0n) is 11.3. The summed E-state index contributed by atoms with van der Waals surface area (Å²) in [6, 6.07) is 4.17. The molecular formula is C14H15FN4O. The number of anilines is 2. The average molecular weight is 274 g/mol. The first kappa shape index (κ1) is 13.9. The van der Waals surface area contributed by atoms with Gasteiger partial charge in [0.05, 0.1) is 12.4 Å². The number of aryl methyl sites for hydroxylation is 1. The minimum absolute atomic E-state index is 0.201. The first-order chi connectivity index (χ1) is 9.60. The predicted octanol–water partition coefficient (Wildman–Crippen LogP) is 2.61. The van der Waals surface area contributed by atoms with Gasteiger partial charge in [-0.05, 0) is 37.6 Å². The fraction of sp³-hybridized carbons (Fsp3) is 0.214. The molecule has 0 bridgehead atoms. The van der Waals surface area contributed by atoms with Gasteiger partial charge in [0.1, 0.15) is 17.3 Å². The topological polar surface area (TPSA) is 66.9 Å². The van der Waals surface area contributed by atoms with Crippen LogP contribution < -0.4 is 10.6 Å². The highest BCUT2D eigenvalue weighted by Gasteiger charge is 2.10. The van der Waals surface area contributed by atoms with Crippen LogP contribution in [0.3, 0.4) is 0 Å². The second kappa shape index (κ2) is 6.10. The molecule has 2 N–H and O–H groups in total. The van der Waals surface area contributed by atoms with Gasteiger partial charge in [-0.25, -0.2) is 9.37 Å². The summed E-state index contributed by atoms with van der Waals surface area (Å²) in [6.07, 6.45) is 2.93. The quantitative estimate of drug-likeness (QED) is 0.899. The van der Waals surface area contributed by atoms with Crippen LogP contribution in [0, 0.1) is 12.7 Å². The van der Waals surface area contributed by atoms with Crippen LogP contribution >= 0.6 is 0 Å². The highest BCUT2D eigenvalue weighted by molar-refractivity contribution is 6.03. The molecule has 0 saturated carbocycles. The van der Waals surface area contributed by atoms with Crippen LogP contribution in [0.15, 0.2) is 30.6 Å².